The molecule has 1 atom stereocenters. The minimum absolute atomic E-state index is 0.0448. The molecule has 0 radical (unpaired) electrons. The first-order valence-electron chi connectivity index (χ1n) is 1.61. The molecule has 0 bridgehead atoms. The van der Waals surface area contributed by atoms with Crippen molar-refractivity contribution in [1.29, 1.82) is 0 Å². The number of halogens is 2. The molecule has 0 amide bonds. The fourth-order valence-electron chi connectivity index (χ4n) is 0.0660. The van der Waals surface area contributed by atoms with Gasteiger partial charge in [-0.25, -0.2) is 0 Å². The molecule has 7 heavy (non-hydrogen) atoms. The smallest absolute Gasteiger partial charge is 0.322 e. The van der Waals surface area contributed by atoms with Gasteiger partial charge in [0.05, 0.1) is 0 Å². The molecule has 0 aliphatic heterocycles. The molecular weight excluding hydrogens is 139 g/mol. The molecule has 0 spiro atoms. The summed E-state index contributed by atoms with van der Waals surface area (Å²) >= 11 is 10.1. The summed E-state index contributed by atoms with van der Waals surface area (Å²) in [5.41, 5.74) is 0. The van der Waals surface area contributed by atoms with Crippen LogP contribution in [0.1, 0.15) is 0 Å². The number of carboxylic acids is 1. The maximum Gasteiger partial charge on any atom is 0.322 e. The summed E-state index contributed by atoms with van der Waals surface area (Å²) in [5, 5.41) is 7.02. The van der Waals surface area contributed by atoms with Crippen LogP contribution in [0.2, 0.25) is 0 Å². The molecule has 0 aromatic carbocycles. The Kier molecular flexibility index (Phi) is 3.13. The molecule has 0 heterocycles. The Labute approximate surface area is 51.0 Å². The standard InChI is InChI=1S/C3H4Cl2O2/c4-1-2(5)3(6)7/h2H,1H2,(H,6,7)/t2-/m1/s1. The van der Waals surface area contributed by atoms with Crippen molar-refractivity contribution in [2.45, 2.75) is 5.38 Å². The van der Waals surface area contributed by atoms with Crippen LogP contribution in [0.15, 0.2) is 0 Å². The average Bonchev–Trinajstić information content (AvgIpc) is 1.65. The third kappa shape index (κ3) is 2.71. The van der Waals surface area contributed by atoms with Crippen molar-refractivity contribution in [3.63, 3.8) is 0 Å². The second-order valence-corrected chi connectivity index (χ2v) is 1.80. The van der Waals surface area contributed by atoms with E-state index in [1.807, 2.05) is 0 Å². The van der Waals surface area contributed by atoms with E-state index in [0.29, 0.717) is 0 Å². The summed E-state index contributed by atoms with van der Waals surface area (Å²) in [6.45, 7) is 0. The van der Waals surface area contributed by atoms with Gasteiger partial charge in [0.25, 0.3) is 0 Å². The Hall–Kier alpha value is 0.0500. The number of carbonyl (C=O) groups is 1. The number of alkyl halides is 2. The first-order valence-corrected chi connectivity index (χ1v) is 2.58. The minimum atomic E-state index is -1.07. The van der Waals surface area contributed by atoms with Gasteiger partial charge in [0, 0.05) is 5.88 Å². The van der Waals surface area contributed by atoms with Crippen molar-refractivity contribution in [1.82, 2.24) is 0 Å². The zero-order valence-electron chi connectivity index (χ0n) is 3.40. The van der Waals surface area contributed by atoms with E-state index >= 15 is 0 Å². The summed E-state index contributed by atoms with van der Waals surface area (Å²) in [4.78, 5) is 9.71. The summed E-state index contributed by atoms with van der Waals surface area (Å²) in [5.74, 6) is -1.12. The van der Waals surface area contributed by atoms with Crippen molar-refractivity contribution in [3.8, 4) is 0 Å². The van der Waals surface area contributed by atoms with Crippen LogP contribution >= 0.6 is 23.2 Å². The van der Waals surface area contributed by atoms with Gasteiger partial charge in [-0.15, -0.1) is 23.2 Å². The molecule has 0 aliphatic carbocycles. The molecule has 0 aromatic rings. The highest BCUT2D eigenvalue weighted by Crippen LogP contribution is 1.96. The molecule has 0 rings (SSSR count). The summed E-state index contributed by atoms with van der Waals surface area (Å²) in [7, 11) is 0. The van der Waals surface area contributed by atoms with Crippen LogP contribution in [0.5, 0.6) is 0 Å². The van der Waals surface area contributed by atoms with Gasteiger partial charge in [-0.2, -0.15) is 0 Å². The Bertz CT molecular complexity index is 73.3. The Morgan fingerprint density at radius 3 is 2.29 bits per heavy atom. The lowest BCUT2D eigenvalue weighted by atomic mass is 10.5. The predicted octanol–water partition coefficient (Wildman–Crippen LogP) is 0.917. The van der Waals surface area contributed by atoms with Gasteiger partial charge in [0.1, 0.15) is 5.38 Å². The molecule has 42 valence electrons. The zero-order chi connectivity index (χ0) is 5.86. The topological polar surface area (TPSA) is 37.3 Å². The van der Waals surface area contributed by atoms with Gasteiger partial charge in [-0.3, -0.25) is 4.79 Å². The van der Waals surface area contributed by atoms with Crippen LogP contribution in [-0.2, 0) is 4.79 Å². The van der Waals surface area contributed by atoms with E-state index in [9.17, 15) is 4.79 Å². The number of carboxylic acid groups (broad SMARTS) is 1. The van der Waals surface area contributed by atoms with Crippen molar-refractivity contribution in [2.24, 2.45) is 0 Å². The van der Waals surface area contributed by atoms with E-state index in [2.05, 4.69) is 0 Å². The Balaban J connectivity index is 3.34. The lowest BCUT2D eigenvalue weighted by Crippen LogP contribution is -2.13. The van der Waals surface area contributed by atoms with Gasteiger partial charge in [0.2, 0.25) is 0 Å². The highest BCUT2D eigenvalue weighted by atomic mass is 35.5. The largest absolute Gasteiger partial charge is 0.480 e. The maximum absolute atomic E-state index is 9.71. The summed E-state index contributed by atoms with van der Waals surface area (Å²) < 4.78 is 0. The van der Waals surface area contributed by atoms with Crippen molar-refractivity contribution < 1.29 is 9.90 Å². The van der Waals surface area contributed by atoms with Crippen LogP contribution in [-0.4, -0.2) is 22.3 Å². The van der Waals surface area contributed by atoms with Gasteiger partial charge < -0.3 is 5.11 Å². The third-order valence-corrected chi connectivity index (χ3v) is 1.21. The van der Waals surface area contributed by atoms with Gasteiger partial charge in [-0.05, 0) is 0 Å². The second kappa shape index (κ2) is 3.10. The average molecular weight is 143 g/mol. The lowest BCUT2D eigenvalue weighted by molar-refractivity contribution is -0.136. The van der Waals surface area contributed by atoms with Crippen LogP contribution in [0, 0.1) is 0 Å². The quantitative estimate of drug-likeness (QED) is 0.583. The van der Waals surface area contributed by atoms with E-state index in [1.165, 1.54) is 0 Å². The molecule has 0 fully saturated rings. The van der Waals surface area contributed by atoms with Gasteiger partial charge in [0.15, 0.2) is 0 Å². The van der Waals surface area contributed by atoms with E-state index in [-0.39, 0.29) is 5.88 Å². The molecule has 0 unspecified atom stereocenters. The van der Waals surface area contributed by atoms with Gasteiger partial charge in [-0.1, -0.05) is 0 Å². The number of hydrogen-bond acceptors (Lipinski definition) is 1. The molecule has 1 N–H and O–H groups in total. The molecule has 0 saturated carbocycles. The predicted molar refractivity (Wildman–Crippen MR) is 28.0 cm³/mol. The third-order valence-electron chi connectivity index (χ3n) is 0.403. The van der Waals surface area contributed by atoms with E-state index < -0.39 is 11.3 Å². The molecule has 0 aliphatic rings. The summed E-state index contributed by atoms with van der Waals surface area (Å²) in [6, 6.07) is 0. The Morgan fingerprint density at radius 2 is 2.29 bits per heavy atom. The van der Waals surface area contributed by atoms with E-state index in [1.54, 1.807) is 0 Å². The van der Waals surface area contributed by atoms with Gasteiger partial charge >= 0.3 is 5.97 Å². The first-order chi connectivity index (χ1) is 3.18. The monoisotopic (exact) mass is 142 g/mol. The minimum Gasteiger partial charge on any atom is -0.480 e. The van der Waals surface area contributed by atoms with E-state index in [4.69, 9.17) is 28.3 Å². The summed E-state index contributed by atoms with van der Waals surface area (Å²) in [6.07, 6.45) is 0. The van der Waals surface area contributed by atoms with E-state index in [0.717, 1.165) is 0 Å². The normalized spacial score (nSPS) is 13.4. The fourth-order valence-corrected chi connectivity index (χ4v) is 0.198. The van der Waals surface area contributed by atoms with Crippen LogP contribution in [0.3, 0.4) is 0 Å². The van der Waals surface area contributed by atoms with Crippen LogP contribution < -0.4 is 0 Å². The lowest BCUT2D eigenvalue weighted by Gasteiger charge is -1.92. The molecule has 0 aromatic heterocycles. The van der Waals surface area contributed by atoms with Crippen molar-refractivity contribution >= 4 is 29.2 Å². The highest BCUT2D eigenvalue weighted by Gasteiger charge is 2.09. The number of hydrogen-bond donors (Lipinski definition) is 1. The molecule has 4 heteroatoms. The molecular formula is C3H4Cl2O2. The van der Waals surface area contributed by atoms with Crippen LogP contribution in [0.25, 0.3) is 0 Å². The Morgan fingerprint density at radius 1 is 1.86 bits per heavy atom. The van der Waals surface area contributed by atoms with Crippen molar-refractivity contribution in [2.75, 3.05) is 5.88 Å². The molecule has 0 saturated heterocycles. The maximum atomic E-state index is 9.71. The number of rotatable bonds is 2. The molecule has 2 nitrogen and oxygen atoms in total. The highest BCUT2D eigenvalue weighted by molar-refractivity contribution is 6.35. The second-order valence-electron chi connectivity index (χ2n) is 0.960. The van der Waals surface area contributed by atoms with Crippen molar-refractivity contribution in [3.05, 3.63) is 0 Å². The van der Waals surface area contributed by atoms with Crippen LogP contribution in [0.4, 0.5) is 0 Å². The fraction of sp³-hybridized carbons (Fsp3) is 0.667. The zero-order valence-corrected chi connectivity index (χ0v) is 4.91. The number of aliphatic carboxylic acids is 1. The SMILES string of the molecule is O=C(O)[C@H](Cl)CCl. The first kappa shape index (κ1) is 7.05.